The van der Waals surface area contributed by atoms with Crippen molar-refractivity contribution in [3.05, 3.63) is 75.9 Å². The predicted molar refractivity (Wildman–Crippen MR) is 231 cm³/mol. The molecule has 34 heteroatoms. The van der Waals surface area contributed by atoms with Crippen molar-refractivity contribution in [2.45, 2.75) is 0 Å². The van der Waals surface area contributed by atoms with Crippen LogP contribution in [0.25, 0.3) is 0 Å². The van der Waals surface area contributed by atoms with Crippen LogP contribution in [0.4, 0.5) is 0 Å². The first kappa shape index (κ1) is 108. The summed E-state index contributed by atoms with van der Waals surface area (Å²) in [5.74, 6) is -2.21. The molecule has 272 valence electrons. The standard InChI is InChI=1S/6C3H6O3S.10Na.10H/c6*1-2-3-7(4,5)6;;;;;;;;;;;;;;;;;;;;/h6*2H,1,3H2,(H,4,5,6);;;;;;;;;;;;;;;;;;;;. The number of hydrogen-bond acceptors (Lipinski definition) is 12. The van der Waals surface area contributed by atoms with Gasteiger partial charge in [0.1, 0.15) is 0 Å². The average Bonchev–Trinajstić information content (AvgIpc) is 2.64. The molecule has 0 rings (SSSR count). The van der Waals surface area contributed by atoms with Gasteiger partial charge in [-0.2, -0.15) is 50.5 Å². The first-order valence-corrected chi connectivity index (χ1v) is 19.4. The fourth-order valence-corrected chi connectivity index (χ4v) is 2.68. The van der Waals surface area contributed by atoms with Gasteiger partial charge in [-0.1, -0.05) is 36.5 Å². The first-order valence-electron chi connectivity index (χ1n) is 9.73. The molecule has 0 saturated carbocycles. The fraction of sp³-hybridized carbons (Fsp3) is 0.333. The minimum atomic E-state index is -3.79. The van der Waals surface area contributed by atoms with Crippen molar-refractivity contribution in [1.82, 2.24) is 0 Å². The van der Waals surface area contributed by atoms with Crippen LogP contribution in [-0.4, -0.2) is 408 Å². The van der Waals surface area contributed by atoms with Crippen molar-refractivity contribution in [3.63, 3.8) is 0 Å². The van der Waals surface area contributed by atoms with Gasteiger partial charge in [0.15, 0.2) is 0 Å². The van der Waals surface area contributed by atoms with E-state index in [1.165, 1.54) is 0 Å². The predicted octanol–water partition coefficient (Wildman–Crippen LogP) is -6.12. The second-order valence-electron chi connectivity index (χ2n) is 6.22. The van der Waals surface area contributed by atoms with Crippen molar-refractivity contribution < 1.29 is 77.8 Å². The third-order valence-corrected chi connectivity index (χ3v) is 5.91. The summed E-state index contributed by atoms with van der Waals surface area (Å²) in [6.45, 7) is 18.6. The Morgan fingerprint density at radius 2 is 0.308 bits per heavy atom. The number of hydrogen-bond donors (Lipinski definition) is 6. The molecule has 0 aromatic carbocycles. The van der Waals surface area contributed by atoms with Crippen LogP contribution in [0.5, 0.6) is 0 Å². The SMILES string of the molecule is C=CCS(=O)(=O)O.C=CCS(=O)(=O)O.C=CCS(=O)(=O)O.C=CCS(=O)(=O)O.C=CCS(=O)(=O)O.C=CCS(=O)(=O)O.[NaH].[NaH].[NaH].[NaH].[NaH].[NaH].[NaH].[NaH].[NaH].[NaH]. The number of rotatable bonds is 12. The molecule has 0 spiro atoms. The third-order valence-electron chi connectivity index (χ3n) is 1.97. The summed E-state index contributed by atoms with van der Waals surface area (Å²) >= 11 is 0. The summed E-state index contributed by atoms with van der Waals surface area (Å²) in [4.78, 5) is 0. The van der Waals surface area contributed by atoms with Crippen molar-refractivity contribution in [2.75, 3.05) is 34.5 Å². The molecule has 0 aromatic heterocycles. The van der Waals surface area contributed by atoms with Crippen LogP contribution in [0.15, 0.2) is 75.9 Å². The van der Waals surface area contributed by atoms with Crippen molar-refractivity contribution in [2.24, 2.45) is 0 Å². The van der Waals surface area contributed by atoms with E-state index in [1.807, 2.05) is 0 Å². The van der Waals surface area contributed by atoms with E-state index in [0.29, 0.717) is 0 Å². The van der Waals surface area contributed by atoms with Crippen LogP contribution >= 0.6 is 0 Å². The molecule has 0 atom stereocenters. The molecule has 0 aliphatic carbocycles. The summed E-state index contributed by atoms with van der Waals surface area (Å²) in [6, 6.07) is 0. The van der Waals surface area contributed by atoms with Gasteiger partial charge < -0.3 is 0 Å². The quantitative estimate of drug-likeness (QED) is 0.0602. The summed E-state index contributed by atoms with van der Waals surface area (Å²) in [6.07, 6.45) is 6.72. The topological polar surface area (TPSA) is 326 Å². The van der Waals surface area contributed by atoms with Crippen LogP contribution in [0, 0.1) is 0 Å². The molecule has 0 amide bonds. The van der Waals surface area contributed by atoms with Gasteiger partial charge in [0.2, 0.25) is 0 Å². The molecular formula is C18H46Na10O18S6. The molecule has 0 heterocycles. The zero-order chi connectivity index (χ0) is 35.5. The average molecular weight is 973 g/mol. The van der Waals surface area contributed by atoms with E-state index in [2.05, 4.69) is 39.5 Å². The third kappa shape index (κ3) is 184. The van der Waals surface area contributed by atoms with E-state index in [-0.39, 0.29) is 330 Å². The minimum absolute atomic E-state index is 0. The summed E-state index contributed by atoms with van der Waals surface area (Å²) in [7, 11) is -22.8. The van der Waals surface area contributed by atoms with Crippen LogP contribution in [0.2, 0.25) is 0 Å². The van der Waals surface area contributed by atoms with Gasteiger partial charge in [0.25, 0.3) is 60.7 Å². The van der Waals surface area contributed by atoms with E-state index in [1.54, 1.807) is 0 Å². The Morgan fingerprint density at radius 3 is 0.308 bits per heavy atom. The summed E-state index contributed by atoms with van der Waals surface area (Å²) in [5, 5.41) is 0. The molecule has 0 unspecified atom stereocenters. The Morgan fingerprint density at radius 1 is 0.250 bits per heavy atom. The fourth-order valence-electron chi connectivity index (χ4n) is 0.894. The molecule has 18 nitrogen and oxygen atoms in total. The van der Waals surface area contributed by atoms with Crippen molar-refractivity contribution >= 4 is 356 Å². The second-order valence-corrected chi connectivity index (χ2v) is 15.2. The Bertz CT molecular complexity index is 1190. The van der Waals surface area contributed by atoms with Crippen LogP contribution in [-0.2, 0) is 60.7 Å². The molecule has 0 saturated heterocycles. The van der Waals surface area contributed by atoms with Gasteiger partial charge in [-0.15, -0.1) is 39.5 Å². The Labute approximate surface area is 532 Å². The second kappa shape index (κ2) is 63.2. The molecule has 0 radical (unpaired) electrons. The van der Waals surface area contributed by atoms with Crippen LogP contribution in [0.3, 0.4) is 0 Å². The van der Waals surface area contributed by atoms with Gasteiger partial charge >= 0.3 is 296 Å². The van der Waals surface area contributed by atoms with E-state index in [9.17, 15) is 50.5 Å². The van der Waals surface area contributed by atoms with Gasteiger partial charge in [-0.3, -0.25) is 27.3 Å². The van der Waals surface area contributed by atoms with E-state index >= 15 is 0 Å². The molecule has 0 aromatic rings. The molecule has 0 bridgehead atoms. The zero-order valence-electron chi connectivity index (χ0n) is 22.0. The molecule has 0 aliphatic heterocycles. The monoisotopic (exact) mass is 972 g/mol. The Kier molecular flexibility index (Phi) is 131. The van der Waals surface area contributed by atoms with Crippen molar-refractivity contribution in [1.29, 1.82) is 0 Å². The molecule has 6 N–H and O–H groups in total. The van der Waals surface area contributed by atoms with E-state index in [0.717, 1.165) is 36.5 Å². The van der Waals surface area contributed by atoms with Gasteiger partial charge in [0, 0.05) is 0 Å². The van der Waals surface area contributed by atoms with Gasteiger partial charge in [0.05, 0.1) is 34.5 Å². The van der Waals surface area contributed by atoms with Crippen LogP contribution < -0.4 is 0 Å². The van der Waals surface area contributed by atoms with E-state index < -0.39 is 60.7 Å². The normalized spacial score (nSPS) is 8.88. The van der Waals surface area contributed by atoms with Crippen LogP contribution in [0.1, 0.15) is 0 Å². The molecule has 0 aliphatic rings. The first-order chi connectivity index (χ1) is 18.4. The molecular weight excluding hydrogens is 926 g/mol. The summed E-state index contributed by atoms with van der Waals surface area (Å²) < 4.78 is 164. The van der Waals surface area contributed by atoms with Gasteiger partial charge in [-0.25, -0.2) is 0 Å². The molecule has 52 heavy (non-hydrogen) atoms. The Balaban J connectivity index is -0.0000000206. The van der Waals surface area contributed by atoms with Crippen molar-refractivity contribution in [3.8, 4) is 0 Å². The van der Waals surface area contributed by atoms with Gasteiger partial charge in [-0.05, 0) is 0 Å². The van der Waals surface area contributed by atoms with E-state index in [4.69, 9.17) is 27.3 Å². The summed E-state index contributed by atoms with van der Waals surface area (Å²) in [5.41, 5.74) is 0. The maximum absolute atomic E-state index is 9.72. The molecule has 0 fully saturated rings. The maximum atomic E-state index is 9.72. The Hall–Kier alpha value is 7.90. The zero-order valence-corrected chi connectivity index (χ0v) is 26.9.